The van der Waals surface area contributed by atoms with E-state index >= 15 is 0 Å². The Kier molecular flexibility index (Phi) is 5.97. The lowest BCUT2D eigenvalue weighted by Crippen LogP contribution is -2.11. The van der Waals surface area contributed by atoms with Crippen molar-refractivity contribution in [1.82, 2.24) is 4.98 Å². The summed E-state index contributed by atoms with van der Waals surface area (Å²) in [5, 5.41) is 3.94. The number of hydrogen-bond donors (Lipinski definition) is 2. The molecule has 3 N–H and O–H groups in total. The third-order valence-corrected chi connectivity index (χ3v) is 5.46. The lowest BCUT2D eigenvalue weighted by Gasteiger charge is -2.09. The summed E-state index contributed by atoms with van der Waals surface area (Å²) in [5.41, 5.74) is 8.97. The van der Waals surface area contributed by atoms with E-state index in [1.807, 2.05) is 66.7 Å². The first-order chi connectivity index (χ1) is 14.6. The summed E-state index contributed by atoms with van der Waals surface area (Å²) in [7, 11) is 0. The molecule has 7 heteroatoms. The van der Waals surface area contributed by atoms with Gasteiger partial charge >= 0.3 is 0 Å². The fourth-order valence-electron chi connectivity index (χ4n) is 2.85. The smallest absolute Gasteiger partial charge is 0.268 e. The van der Waals surface area contributed by atoms with Crippen LogP contribution in [-0.2, 0) is 6.61 Å². The lowest BCUT2D eigenvalue weighted by molar-refractivity contribution is 0.103. The van der Waals surface area contributed by atoms with E-state index in [1.54, 1.807) is 12.1 Å². The van der Waals surface area contributed by atoms with E-state index in [1.165, 1.54) is 11.3 Å². The van der Waals surface area contributed by atoms with E-state index in [2.05, 4.69) is 10.3 Å². The van der Waals surface area contributed by atoms with Crippen LogP contribution in [0.2, 0.25) is 5.02 Å². The van der Waals surface area contributed by atoms with Crippen molar-refractivity contribution in [2.24, 2.45) is 0 Å². The van der Waals surface area contributed by atoms with Crippen LogP contribution in [0.3, 0.4) is 0 Å². The molecule has 0 unspecified atom stereocenters. The minimum Gasteiger partial charge on any atom is -0.489 e. The maximum absolute atomic E-state index is 12.8. The molecule has 0 aliphatic heterocycles. The number of ether oxygens (including phenoxy) is 1. The normalized spacial score (nSPS) is 10.6. The molecule has 1 amide bonds. The molecule has 0 saturated carbocycles. The number of nitrogens with two attached hydrogens (primary N) is 1. The van der Waals surface area contributed by atoms with Gasteiger partial charge in [-0.25, -0.2) is 4.98 Å². The highest BCUT2D eigenvalue weighted by Gasteiger charge is 2.18. The van der Waals surface area contributed by atoms with Crippen molar-refractivity contribution in [3.05, 3.63) is 94.3 Å². The Balaban J connectivity index is 1.42. The third kappa shape index (κ3) is 4.79. The Labute approximate surface area is 183 Å². The molecule has 4 aromatic rings. The first-order valence-corrected chi connectivity index (χ1v) is 10.4. The Morgan fingerprint density at radius 3 is 2.40 bits per heavy atom. The number of carbonyl (C=O) groups is 1. The monoisotopic (exact) mass is 435 g/mol. The van der Waals surface area contributed by atoms with Crippen LogP contribution in [0.1, 0.15) is 15.2 Å². The largest absolute Gasteiger partial charge is 0.489 e. The second-order valence-corrected chi connectivity index (χ2v) is 7.96. The molecule has 150 valence electrons. The first-order valence-electron chi connectivity index (χ1n) is 9.19. The molecule has 0 spiro atoms. The molecule has 0 saturated heterocycles. The summed E-state index contributed by atoms with van der Waals surface area (Å²) in [4.78, 5) is 17.6. The Bertz CT molecular complexity index is 1140. The van der Waals surface area contributed by atoms with E-state index in [-0.39, 0.29) is 5.91 Å². The minimum absolute atomic E-state index is 0.252. The average Bonchev–Trinajstić information content (AvgIpc) is 3.17. The molecule has 3 aromatic carbocycles. The van der Waals surface area contributed by atoms with Gasteiger partial charge in [0.1, 0.15) is 17.2 Å². The zero-order chi connectivity index (χ0) is 20.9. The molecule has 1 heterocycles. The fourth-order valence-corrected chi connectivity index (χ4v) is 3.73. The quantitative estimate of drug-likeness (QED) is 0.396. The number of halogens is 1. The van der Waals surface area contributed by atoms with Gasteiger partial charge in [-0.3, -0.25) is 4.79 Å². The maximum atomic E-state index is 12.8. The number of benzene rings is 3. The summed E-state index contributed by atoms with van der Waals surface area (Å²) in [6.07, 6.45) is 0. The highest BCUT2D eigenvalue weighted by atomic mass is 35.5. The van der Waals surface area contributed by atoms with Crippen LogP contribution in [0.5, 0.6) is 5.75 Å². The van der Waals surface area contributed by atoms with Crippen molar-refractivity contribution in [2.75, 3.05) is 11.1 Å². The van der Waals surface area contributed by atoms with Gasteiger partial charge in [-0.05, 0) is 42.0 Å². The first kappa shape index (κ1) is 19.9. The highest BCUT2D eigenvalue weighted by Crippen LogP contribution is 2.30. The van der Waals surface area contributed by atoms with Gasteiger partial charge in [0.2, 0.25) is 0 Å². The van der Waals surface area contributed by atoms with E-state index < -0.39 is 0 Å². The van der Waals surface area contributed by atoms with Gasteiger partial charge in [-0.1, -0.05) is 65.4 Å². The average molecular weight is 436 g/mol. The number of carbonyl (C=O) groups excluding carboxylic acids is 1. The van der Waals surface area contributed by atoms with Crippen LogP contribution < -0.4 is 15.8 Å². The van der Waals surface area contributed by atoms with Crippen molar-refractivity contribution in [2.45, 2.75) is 6.61 Å². The van der Waals surface area contributed by atoms with Gasteiger partial charge < -0.3 is 15.8 Å². The zero-order valence-corrected chi connectivity index (χ0v) is 17.4. The maximum Gasteiger partial charge on any atom is 0.268 e. The van der Waals surface area contributed by atoms with Crippen molar-refractivity contribution in [1.29, 1.82) is 0 Å². The van der Waals surface area contributed by atoms with Crippen LogP contribution in [0.4, 0.5) is 10.8 Å². The lowest BCUT2D eigenvalue weighted by atomic mass is 10.1. The van der Waals surface area contributed by atoms with Gasteiger partial charge in [-0.2, -0.15) is 0 Å². The SMILES string of the molecule is Nc1nc(-c2ccccc2)c(C(=O)Nc2ccc(OCc3ccc(Cl)cc3)cc2)s1. The number of nitrogens with zero attached hydrogens (tertiary/aromatic N) is 1. The van der Waals surface area contributed by atoms with E-state index in [9.17, 15) is 4.79 Å². The molecular weight excluding hydrogens is 418 g/mol. The summed E-state index contributed by atoms with van der Waals surface area (Å²) >= 11 is 7.06. The molecule has 0 fully saturated rings. The number of amides is 1. The Morgan fingerprint density at radius 2 is 1.70 bits per heavy atom. The Morgan fingerprint density at radius 1 is 1.00 bits per heavy atom. The van der Waals surface area contributed by atoms with Crippen molar-refractivity contribution >= 4 is 39.7 Å². The van der Waals surface area contributed by atoms with Crippen LogP contribution >= 0.6 is 22.9 Å². The number of hydrogen-bond acceptors (Lipinski definition) is 5. The molecule has 1 aromatic heterocycles. The highest BCUT2D eigenvalue weighted by molar-refractivity contribution is 7.17. The molecule has 0 aliphatic rings. The predicted molar refractivity (Wildman–Crippen MR) is 122 cm³/mol. The third-order valence-electron chi connectivity index (χ3n) is 4.33. The Hall–Kier alpha value is -3.35. The van der Waals surface area contributed by atoms with Gasteiger partial charge in [0.25, 0.3) is 5.91 Å². The van der Waals surface area contributed by atoms with Gasteiger partial charge in [0, 0.05) is 16.3 Å². The topological polar surface area (TPSA) is 77.2 Å². The summed E-state index contributed by atoms with van der Waals surface area (Å²) in [5.74, 6) is 0.452. The molecule has 0 aliphatic carbocycles. The number of anilines is 2. The molecule has 0 radical (unpaired) electrons. The minimum atomic E-state index is -0.252. The predicted octanol–water partition coefficient (Wildman–Crippen LogP) is 5.88. The standard InChI is InChI=1S/C23H18ClN3O2S/c24-17-8-6-15(7-9-17)14-29-19-12-10-18(11-13-19)26-22(28)21-20(27-23(25)30-21)16-4-2-1-3-5-16/h1-13H,14H2,(H2,25,27)(H,26,28). The number of thiazole rings is 1. The molecule has 30 heavy (non-hydrogen) atoms. The molecule has 4 rings (SSSR count). The van der Waals surface area contributed by atoms with Crippen LogP contribution in [0.25, 0.3) is 11.3 Å². The number of nitrogens with one attached hydrogen (secondary N) is 1. The summed E-state index contributed by atoms with van der Waals surface area (Å²) in [6.45, 7) is 0.434. The molecular formula is C23H18ClN3O2S. The van der Waals surface area contributed by atoms with Crippen LogP contribution in [0, 0.1) is 0 Å². The van der Waals surface area contributed by atoms with Gasteiger partial charge in [-0.15, -0.1) is 0 Å². The second-order valence-electron chi connectivity index (χ2n) is 6.49. The van der Waals surface area contributed by atoms with Crippen molar-refractivity contribution in [3.8, 4) is 17.0 Å². The number of nitrogen functional groups attached to an aromatic ring is 1. The second kappa shape index (κ2) is 8.98. The summed E-state index contributed by atoms with van der Waals surface area (Å²) < 4.78 is 5.78. The molecule has 0 atom stereocenters. The zero-order valence-electron chi connectivity index (χ0n) is 15.8. The summed E-state index contributed by atoms with van der Waals surface area (Å²) in [6, 6.07) is 24.2. The van der Waals surface area contributed by atoms with Crippen LogP contribution in [-0.4, -0.2) is 10.9 Å². The van der Waals surface area contributed by atoms with Crippen molar-refractivity contribution < 1.29 is 9.53 Å². The van der Waals surface area contributed by atoms with E-state index in [0.29, 0.717) is 38.8 Å². The van der Waals surface area contributed by atoms with Crippen molar-refractivity contribution in [3.63, 3.8) is 0 Å². The molecule has 5 nitrogen and oxygen atoms in total. The number of rotatable bonds is 6. The van der Waals surface area contributed by atoms with Crippen LogP contribution in [0.15, 0.2) is 78.9 Å². The van der Waals surface area contributed by atoms with E-state index in [4.69, 9.17) is 22.1 Å². The van der Waals surface area contributed by atoms with Gasteiger partial charge in [0.05, 0.1) is 5.69 Å². The fraction of sp³-hybridized carbons (Fsp3) is 0.0435. The number of aromatic nitrogens is 1. The van der Waals surface area contributed by atoms with Gasteiger partial charge in [0.15, 0.2) is 5.13 Å². The van der Waals surface area contributed by atoms with E-state index in [0.717, 1.165) is 11.1 Å². The molecule has 0 bridgehead atoms.